The Morgan fingerprint density at radius 1 is 1.18 bits per heavy atom. The third kappa shape index (κ3) is 3.05. The van der Waals surface area contributed by atoms with E-state index in [-0.39, 0.29) is 0 Å². The first-order valence-electron chi connectivity index (χ1n) is 10.2. The molecule has 3 aromatic rings. The second-order valence-corrected chi connectivity index (χ2v) is 7.37. The van der Waals surface area contributed by atoms with Gasteiger partial charge in [-0.15, -0.1) is 0 Å². The van der Waals surface area contributed by atoms with Crippen LogP contribution in [0.1, 0.15) is 25.3 Å². The smallest absolute Gasteiger partial charge is 0.159 e. The average Bonchev–Trinajstić information content (AvgIpc) is 3.37. The average molecular weight is 378 g/mol. The molecule has 146 valence electrons. The van der Waals surface area contributed by atoms with Crippen molar-refractivity contribution in [3.63, 3.8) is 0 Å². The lowest BCUT2D eigenvalue weighted by Gasteiger charge is -2.32. The molecule has 0 atom stereocenters. The minimum absolute atomic E-state index is 0.568. The van der Waals surface area contributed by atoms with Crippen molar-refractivity contribution < 1.29 is 4.74 Å². The summed E-state index contributed by atoms with van der Waals surface area (Å²) in [6.07, 6.45) is 5.15. The largest absolute Gasteiger partial charge is 0.494 e. The maximum atomic E-state index is 5.56. The maximum absolute atomic E-state index is 5.56. The van der Waals surface area contributed by atoms with Gasteiger partial charge in [-0.05, 0) is 63.5 Å². The number of piperidine rings is 1. The predicted molar refractivity (Wildman–Crippen MR) is 111 cm³/mol. The molecule has 2 aromatic heterocycles. The first kappa shape index (κ1) is 17.3. The van der Waals surface area contributed by atoms with Crippen molar-refractivity contribution in [2.24, 2.45) is 0 Å². The number of hydrogen-bond acceptors (Lipinski definition) is 6. The SMILES string of the molecule is CCOc1ccc(Nc2c3c(nc4ccnn24)N(C2CCNCC2)CC3)cc1. The summed E-state index contributed by atoms with van der Waals surface area (Å²) in [7, 11) is 0. The van der Waals surface area contributed by atoms with Gasteiger partial charge in [0.25, 0.3) is 0 Å². The molecule has 0 unspecified atom stereocenters. The Kier molecular flexibility index (Phi) is 4.52. The van der Waals surface area contributed by atoms with Crippen molar-refractivity contribution in [2.45, 2.75) is 32.2 Å². The topological polar surface area (TPSA) is 66.7 Å². The number of anilines is 3. The van der Waals surface area contributed by atoms with Crippen LogP contribution >= 0.6 is 0 Å². The van der Waals surface area contributed by atoms with Gasteiger partial charge in [0, 0.05) is 29.9 Å². The van der Waals surface area contributed by atoms with E-state index in [1.807, 2.05) is 48.0 Å². The van der Waals surface area contributed by atoms with Crippen LogP contribution in [0.4, 0.5) is 17.3 Å². The molecule has 2 N–H and O–H groups in total. The van der Waals surface area contributed by atoms with E-state index in [0.717, 1.165) is 54.8 Å². The van der Waals surface area contributed by atoms with Crippen molar-refractivity contribution >= 4 is 23.0 Å². The van der Waals surface area contributed by atoms with Gasteiger partial charge in [0.2, 0.25) is 0 Å². The standard InChI is InChI=1S/C21H26N6O/c1-2-28-17-5-3-15(4-6-17)24-21-18-10-14-26(16-7-11-22-12-8-16)20(18)25-19-9-13-23-27(19)21/h3-6,9,13,16,22,24H,2,7-8,10-12,14H2,1H3. The van der Waals surface area contributed by atoms with Crippen LogP contribution in [0.3, 0.4) is 0 Å². The van der Waals surface area contributed by atoms with Crippen molar-refractivity contribution in [2.75, 3.05) is 36.5 Å². The van der Waals surface area contributed by atoms with Gasteiger partial charge in [-0.1, -0.05) is 0 Å². The zero-order valence-electron chi connectivity index (χ0n) is 16.2. The zero-order chi connectivity index (χ0) is 18.9. The molecular formula is C21H26N6O. The molecule has 0 spiro atoms. The van der Waals surface area contributed by atoms with E-state index in [9.17, 15) is 0 Å². The van der Waals surface area contributed by atoms with Crippen LogP contribution < -0.4 is 20.3 Å². The second-order valence-electron chi connectivity index (χ2n) is 7.37. The van der Waals surface area contributed by atoms with Gasteiger partial charge < -0.3 is 20.3 Å². The van der Waals surface area contributed by atoms with E-state index in [2.05, 4.69) is 20.6 Å². The molecule has 0 amide bonds. The summed E-state index contributed by atoms with van der Waals surface area (Å²) in [5.74, 6) is 3.02. The third-order valence-electron chi connectivity index (χ3n) is 5.66. The van der Waals surface area contributed by atoms with E-state index in [1.165, 1.54) is 18.4 Å². The number of rotatable bonds is 5. The van der Waals surface area contributed by atoms with E-state index in [0.29, 0.717) is 12.6 Å². The van der Waals surface area contributed by atoms with E-state index < -0.39 is 0 Å². The summed E-state index contributed by atoms with van der Waals surface area (Å²) >= 11 is 0. The lowest BCUT2D eigenvalue weighted by Crippen LogP contribution is -2.42. The number of fused-ring (bicyclic) bond motifs is 2. The number of aromatic nitrogens is 3. The van der Waals surface area contributed by atoms with Crippen LogP contribution in [-0.2, 0) is 6.42 Å². The molecule has 1 aromatic carbocycles. The van der Waals surface area contributed by atoms with E-state index in [4.69, 9.17) is 9.72 Å². The van der Waals surface area contributed by atoms with Gasteiger partial charge in [0.15, 0.2) is 5.65 Å². The lowest BCUT2D eigenvalue weighted by atomic mass is 10.1. The lowest BCUT2D eigenvalue weighted by molar-refractivity contribution is 0.340. The monoisotopic (exact) mass is 378 g/mol. The van der Waals surface area contributed by atoms with Crippen LogP contribution in [0.5, 0.6) is 5.75 Å². The molecule has 2 aliphatic rings. The van der Waals surface area contributed by atoms with Gasteiger partial charge in [-0.3, -0.25) is 0 Å². The van der Waals surface area contributed by atoms with Crippen LogP contribution in [0.2, 0.25) is 0 Å². The van der Waals surface area contributed by atoms with Crippen molar-refractivity contribution in [1.29, 1.82) is 0 Å². The predicted octanol–water partition coefficient (Wildman–Crippen LogP) is 2.99. The molecule has 1 saturated heterocycles. The fourth-order valence-corrected chi connectivity index (χ4v) is 4.31. The minimum atomic E-state index is 0.568. The number of hydrogen-bond donors (Lipinski definition) is 2. The highest BCUT2D eigenvalue weighted by Crippen LogP contribution is 2.36. The van der Waals surface area contributed by atoms with Gasteiger partial charge in [-0.2, -0.15) is 9.61 Å². The number of nitrogens with zero attached hydrogens (tertiary/aromatic N) is 4. The van der Waals surface area contributed by atoms with Gasteiger partial charge in [-0.25, -0.2) is 4.98 Å². The molecule has 4 heterocycles. The first-order chi connectivity index (χ1) is 13.8. The Bertz CT molecular complexity index is 961. The summed E-state index contributed by atoms with van der Waals surface area (Å²) in [5, 5.41) is 11.6. The fourth-order valence-electron chi connectivity index (χ4n) is 4.31. The molecule has 5 rings (SSSR count). The maximum Gasteiger partial charge on any atom is 0.159 e. The summed E-state index contributed by atoms with van der Waals surface area (Å²) in [6, 6.07) is 10.6. The molecule has 7 heteroatoms. The third-order valence-corrected chi connectivity index (χ3v) is 5.66. The first-order valence-corrected chi connectivity index (χ1v) is 10.2. The Morgan fingerprint density at radius 3 is 2.79 bits per heavy atom. The Balaban J connectivity index is 1.51. The Hall–Kier alpha value is -2.80. The Morgan fingerprint density at radius 2 is 2.00 bits per heavy atom. The van der Waals surface area contributed by atoms with Gasteiger partial charge in [0.05, 0.1) is 12.8 Å². The van der Waals surface area contributed by atoms with Crippen molar-refractivity contribution in [1.82, 2.24) is 19.9 Å². The highest BCUT2D eigenvalue weighted by atomic mass is 16.5. The van der Waals surface area contributed by atoms with Crippen LogP contribution in [0.25, 0.3) is 5.65 Å². The quantitative estimate of drug-likeness (QED) is 0.712. The van der Waals surface area contributed by atoms with Gasteiger partial charge in [0.1, 0.15) is 17.4 Å². The molecule has 0 aliphatic carbocycles. The van der Waals surface area contributed by atoms with Gasteiger partial charge >= 0.3 is 0 Å². The molecule has 7 nitrogen and oxygen atoms in total. The van der Waals surface area contributed by atoms with Crippen LogP contribution in [-0.4, -0.2) is 46.9 Å². The highest BCUT2D eigenvalue weighted by Gasteiger charge is 2.31. The molecule has 0 radical (unpaired) electrons. The molecule has 2 aliphatic heterocycles. The van der Waals surface area contributed by atoms with Crippen molar-refractivity contribution in [3.05, 3.63) is 42.1 Å². The molecular weight excluding hydrogens is 352 g/mol. The van der Waals surface area contributed by atoms with Crippen LogP contribution in [0, 0.1) is 0 Å². The molecule has 1 fully saturated rings. The molecule has 0 saturated carbocycles. The molecule has 0 bridgehead atoms. The zero-order valence-corrected chi connectivity index (χ0v) is 16.2. The number of benzene rings is 1. The van der Waals surface area contributed by atoms with E-state index in [1.54, 1.807) is 0 Å². The highest BCUT2D eigenvalue weighted by molar-refractivity contribution is 5.72. The minimum Gasteiger partial charge on any atom is -0.494 e. The summed E-state index contributed by atoms with van der Waals surface area (Å²) in [5.41, 5.74) is 3.16. The summed E-state index contributed by atoms with van der Waals surface area (Å²) < 4.78 is 7.47. The molecule has 28 heavy (non-hydrogen) atoms. The summed E-state index contributed by atoms with van der Waals surface area (Å²) in [6.45, 7) is 5.86. The second kappa shape index (κ2) is 7.31. The number of nitrogens with one attached hydrogen (secondary N) is 2. The summed E-state index contributed by atoms with van der Waals surface area (Å²) in [4.78, 5) is 7.47. The normalized spacial score (nSPS) is 17.1. The number of ether oxygens (including phenoxy) is 1. The fraction of sp³-hybridized carbons (Fsp3) is 0.429. The van der Waals surface area contributed by atoms with E-state index >= 15 is 0 Å². The Labute approximate surface area is 164 Å². The van der Waals surface area contributed by atoms with Crippen molar-refractivity contribution in [3.8, 4) is 5.75 Å². The van der Waals surface area contributed by atoms with Crippen LogP contribution in [0.15, 0.2) is 36.5 Å².